The molecule has 0 heterocycles. The van der Waals surface area contributed by atoms with Crippen LogP contribution in [-0.2, 0) is 6.18 Å². The molecule has 0 fully saturated rings. The Hall–Kier alpha value is -3.52. The molecule has 0 atom stereocenters. The van der Waals surface area contributed by atoms with Crippen molar-refractivity contribution in [1.29, 1.82) is 0 Å². The molecule has 3 aromatic carbocycles. The third-order valence-corrected chi connectivity index (χ3v) is 4.01. The highest BCUT2D eigenvalue weighted by molar-refractivity contribution is 5.94. The van der Waals surface area contributed by atoms with Crippen LogP contribution in [0.15, 0.2) is 78.9 Å². The van der Waals surface area contributed by atoms with E-state index < -0.39 is 11.7 Å². The summed E-state index contributed by atoms with van der Waals surface area (Å²) < 4.78 is 38.0. The summed E-state index contributed by atoms with van der Waals surface area (Å²) in [7, 11) is 0. The number of hydrogen-bond donors (Lipinski definition) is 1. The fraction of sp³-hybridized carbons (Fsp3) is 0.0870. The van der Waals surface area contributed by atoms with Crippen LogP contribution in [0, 0.1) is 11.8 Å². The molecule has 1 amide bonds. The molecule has 1 N–H and O–H groups in total. The van der Waals surface area contributed by atoms with E-state index in [0.29, 0.717) is 5.56 Å². The summed E-state index contributed by atoms with van der Waals surface area (Å²) >= 11 is 0. The normalized spacial score (nSPS) is 10.7. The van der Waals surface area contributed by atoms with Gasteiger partial charge in [0.05, 0.1) is 12.1 Å². The Bertz CT molecular complexity index is 1010. The molecule has 0 spiro atoms. The predicted octanol–water partition coefficient (Wildman–Crippen LogP) is 5.15. The zero-order valence-corrected chi connectivity index (χ0v) is 14.8. The van der Waals surface area contributed by atoms with E-state index in [2.05, 4.69) is 17.2 Å². The van der Waals surface area contributed by atoms with Gasteiger partial charge in [0.25, 0.3) is 5.91 Å². The Morgan fingerprint density at radius 1 is 0.857 bits per heavy atom. The fourth-order valence-corrected chi connectivity index (χ4v) is 2.59. The summed E-state index contributed by atoms with van der Waals surface area (Å²) in [6.07, 6.45) is -4.40. The smallest absolute Gasteiger partial charge is 0.341 e. The Balaban J connectivity index is 1.59. The van der Waals surface area contributed by atoms with Crippen LogP contribution in [0.5, 0.6) is 0 Å². The molecule has 0 aromatic heterocycles. The highest BCUT2D eigenvalue weighted by Crippen LogP contribution is 2.29. The molecular formula is C23H16F3NO. The standard InChI is InChI=1S/C23H16F3NO/c24-23(25,26)21-10-4-6-17(16-21)7-5-15-27-22(28)20-13-11-19(12-14-20)18-8-2-1-3-9-18/h1-4,6,8-14,16H,15H2,(H,27,28). The van der Waals surface area contributed by atoms with Crippen LogP contribution >= 0.6 is 0 Å². The summed E-state index contributed by atoms with van der Waals surface area (Å²) in [6.45, 7) is 0.0372. The maximum atomic E-state index is 12.7. The first-order valence-corrected chi connectivity index (χ1v) is 8.53. The van der Waals surface area contributed by atoms with Gasteiger partial charge in [-0.2, -0.15) is 13.2 Å². The van der Waals surface area contributed by atoms with Crippen molar-refractivity contribution >= 4 is 5.91 Å². The van der Waals surface area contributed by atoms with Crippen LogP contribution in [0.3, 0.4) is 0 Å². The average molecular weight is 379 g/mol. The lowest BCUT2D eigenvalue weighted by Crippen LogP contribution is -2.23. The molecule has 0 aliphatic rings. The van der Waals surface area contributed by atoms with Crippen LogP contribution in [0.1, 0.15) is 21.5 Å². The first-order valence-electron chi connectivity index (χ1n) is 8.53. The largest absolute Gasteiger partial charge is 0.416 e. The summed E-state index contributed by atoms with van der Waals surface area (Å²) in [5, 5.41) is 2.64. The molecule has 3 aromatic rings. The van der Waals surface area contributed by atoms with E-state index in [1.807, 2.05) is 42.5 Å². The maximum absolute atomic E-state index is 12.7. The summed E-state index contributed by atoms with van der Waals surface area (Å²) in [5.41, 5.74) is 2.04. The number of halogens is 3. The van der Waals surface area contributed by atoms with Crippen molar-refractivity contribution in [1.82, 2.24) is 5.32 Å². The maximum Gasteiger partial charge on any atom is 0.416 e. The summed E-state index contributed by atoms with van der Waals surface area (Å²) in [4.78, 5) is 12.2. The molecule has 0 aliphatic carbocycles. The first kappa shape index (κ1) is 19.2. The van der Waals surface area contributed by atoms with E-state index in [1.165, 1.54) is 12.1 Å². The van der Waals surface area contributed by atoms with Crippen LogP contribution < -0.4 is 5.32 Å². The van der Waals surface area contributed by atoms with Crippen molar-refractivity contribution in [3.8, 4) is 23.0 Å². The molecule has 0 saturated heterocycles. The third kappa shape index (κ3) is 5.01. The average Bonchev–Trinajstić information content (AvgIpc) is 2.71. The second-order valence-corrected chi connectivity index (χ2v) is 6.01. The Kier molecular flexibility index (Phi) is 5.81. The minimum atomic E-state index is -4.40. The number of nitrogens with one attached hydrogen (secondary N) is 1. The second kappa shape index (κ2) is 8.45. The number of carbonyl (C=O) groups excluding carboxylic acids is 1. The molecule has 0 saturated carbocycles. The highest BCUT2D eigenvalue weighted by Gasteiger charge is 2.30. The van der Waals surface area contributed by atoms with E-state index in [0.717, 1.165) is 23.3 Å². The summed E-state index contributed by atoms with van der Waals surface area (Å²) in [6, 6.07) is 21.7. The lowest BCUT2D eigenvalue weighted by molar-refractivity contribution is -0.137. The zero-order valence-electron chi connectivity index (χ0n) is 14.8. The SMILES string of the molecule is O=C(NCC#Cc1cccc(C(F)(F)F)c1)c1ccc(-c2ccccc2)cc1. The zero-order chi connectivity index (χ0) is 20.0. The molecule has 0 unspecified atom stereocenters. The highest BCUT2D eigenvalue weighted by atomic mass is 19.4. The van der Waals surface area contributed by atoms with E-state index in [-0.39, 0.29) is 18.0 Å². The first-order chi connectivity index (χ1) is 13.4. The van der Waals surface area contributed by atoms with Gasteiger partial charge in [-0.1, -0.05) is 60.4 Å². The summed E-state index contributed by atoms with van der Waals surface area (Å²) in [5.74, 6) is 5.01. The van der Waals surface area contributed by atoms with E-state index in [9.17, 15) is 18.0 Å². The Labute approximate surface area is 161 Å². The number of hydrogen-bond acceptors (Lipinski definition) is 1. The van der Waals surface area contributed by atoms with Gasteiger partial charge in [-0.3, -0.25) is 4.79 Å². The van der Waals surface area contributed by atoms with Gasteiger partial charge in [-0.25, -0.2) is 0 Å². The van der Waals surface area contributed by atoms with Crippen LogP contribution in [0.4, 0.5) is 13.2 Å². The molecule has 0 bridgehead atoms. The van der Waals surface area contributed by atoms with Gasteiger partial charge in [-0.15, -0.1) is 0 Å². The van der Waals surface area contributed by atoms with Gasteiger partial charge in [0, 0.05) is 11.1 Å². The topological polar surface area (TPSA) is 29.1 Å². The van der Waals surface area contributed by atoms with Gasteiger partial charge >= 0.3 is 6.18 Å². The molecule has 5 heteroatoms. The van der Waals surface area contributed by atoms with E-state index >= 15 is 0 Å². The molecular weight excluding hydrogens is 363 g/mol. The monoisotopic (exact) mass is 379 g/mol. The van der Waals surface area contributed by atoms with Gasteiger partial charge in [0.15, 0.2) is 0 Å². The van der Waals surface area contributed by atoms with Gasteiger partial charge in [0.1, 0.15) is 0 Å². The van der Waals surface area contributed by atoms with Crippen molar-refractivity contribution in [2.24, 2.45) is 0 Å². The predicted molar refractivity (Wildman–Crippen MR) is 103 cm³/mol. The number of benzene rings is 3. The lowest BCUT2D eigenvalue weighted by atomic mass is 10.0. The number of carbonyl (C=O) groups is 1. The quantitative estimate of drug-likeness (QED) is 0.626. The number of alkyl halides is 3. The van der Waals surface area contributed by atoms with Crippen molar-refractivity contribution in [3.05, 3.63) is 95.6 Å². The van der Waals surface area contributed by atoms with Crippen molar-refractivity contribution in [3.63, 3.8) is 0 Å². The van der Waals surface area contributed by atoms with Crippen LogP contribution in [0.25, 0.3) is 11.1 Å². The van der Waals surface area contributed by atoms with E-state index in [1.54, 1.807) is 12.1 Å². The van der Waals surface area contributed by atoms with Crippen LogP contribution in [-0.4, -0.2) is 12.5 Å². The van der Waals surface area contributed by atoms with Gasteiger partial charge < -0.3 is 5.32 Å². The minimum absolute atomic E-state index is 0.0372. The van der Waals surface area contributed by atoms with E-state index in [4.69, 9.17) is 0 Å². The van der Waals surface area contributed by atoms with Gasteiger partial charge in [0.2, 0.25) is 0 Å². The fourth-order valence-electron chi connectivity index (χ4n) is 2.59. The molecule has 3 rings (SSSR count). The minimum Gasteiger partial charge on any atom is -0.341 e. The molecule has 28 heavy (non-hydrogen) atoms. The molecule has 2 nitrogen and oxygen atoms in total. The van der Waals surface area contributed by atoms with Crippen molar-refractivity contribution in [2.75, 3.05) is 6.54 Å². The molecule has 140 valence electrons. The second-order valence-electron chi connectivity index (χ2n) is 6.01. The third-order valence-electron chi connectivity index (χ3n) is 4.01. The van der Waals surface area contributed by atoms with Crippen LogP contribution in [0.2, 0.25) is 0 Å². The molecule has 0 radical (unpaired) electrons. The van der Waals surface area contributed by atoms with Crippen molar-refractivity contribution in [2.45, 2.75) is 6.18 Å². The lowest BCUT2D eigenvalue weighted by Gasteiger charge is -2.06. The molecule has 0 aliphatic heterocycles. The Morgan fingerprint density at radius 2 is 1.54 bits per heavy atom. The number of amides is 1. The Morgan fingerprint density at radius 3 is 2.21 bits per heavy atom. The van der Waals surface area contributed by atoms with Crippen molar-refractivity contribution < 1.29 is 18.0 Å². The number of rotatable bonds is 3. The van der Waals surface area contributed by atoms with Gasteiger partial charge in [-0.05, 0) is 41.5 Å².